The van der Waals surface area contributed by atoms with Gasteiger partial charge in [-0.05, 0) is 78.5 Å². The quantitative estimate of drug-likeness (QED) is 0.670. The predicted octanol–water partition coefficient (Wildman–Crippen LogP) is 4.72. The summed E-state index contributed by atoms with van der Waals surface area (Å²) >= 11 is 0. The van der Waals surface area contributed by atoms with E-state index in [2.05, 4.69) is 37.3 Å². The number of ether oxygens (including phenoxy) is 1. The van der Waals surface area contributed by atoms with E-state index >= 15 is 0 Å². The molecule has 1 aromatic rings. The minimum atomic E-state index is 0.491. The molecule has 0 heterocycles. The molecule has 1 nitrogen and oxygen atoms in total. The third-order valence-electron chi connectivity index (χ3n) is 6.26. The van der Waals surface area contributed by atoms with Crippen LogP contribution in [0.3, 0.4) is 0 Å². The van der Waals surface area contributed by atoms with Gasteiger partial charge >= 0.3 is 0 Å². The standard InChI is InChI=1S/C19H24O/c1-19-10-3-4-18(19)17-7-5-13-12-14(20-2)6-8-15(13)16(17)9-11-19/h3,6,8,10,12,16-18H,4-5,7,9,11H2,1-2H3/t16-,17+,18+,19+/m1/s1. The second kappa shape index (κ2) is 4.38. The van der Waals surface area contributed by atoms with Crippen LogP contribution < -0.4 is 4.74 Å². The summed E-state index contributed by atoms with van der Waals surface area (Å²) in [6.45, 7) is 2.49. The van der Waals surface area contributed by atoms with E-state index in [1.54, 1.807) is 18.2 Å². The first-order valence-electron chi connectivity index (χ1n) is 8.06. The van der Waals surface area contributed by atoms with Gasteiger partial charge in [0.05, 0.1) is 7.11 Å². The molecule has 0 aliphatic heterocycles. The number of hydrogen-bond donors (Lipinski definition) is 0. The monoisotopic (exact) mass is 268 g/mol. The van der Waals surface area contributed by atoms with Gasteiger partial charge in [-0.25, -0.2) is 0 Å². The Balaban J connectivity index is 1.70. The van der Waals surface area contributed by atoms with Crippen molar-refractivity contribution in [2.75, 3.05) is 7.11 Å². The average molecular weight is 268 g/mol. The number of allylic oxidation sites excluding steroid dienone is 2. The highest BCUT2D eigenvalue weighted by Crippen LogP contribution is 2.58. The second-order valence-electron chi connectivity index (χ2n) is 7.16. The van der Waals surface area contributed by atoms with Crippen molar-refractivity contribution in [1.82, 2.24) is 0 Å². The molecule has 0 unspecified atom stereocenters. The fourth-order valence-electron chi connectivity index (χ4n) is 5.17. The molecule has 0 bridgehead atoms. The van der Waals surface area contributed by atoms with Crippen molar-refractivity contribution in [3.63, 3.8) is 0 Å². The molecule has 1 aromatic carbocycles. The van der Waals surface area contributed by atoms with E-state index in [1.807, 2.05) is 0 Å². The van der Waals surface area contributed by atoms with Crippen molar-refractivity contribution < 1.29 is 4.74 Å². The third-order valence-corrected chi connectivity index (χ3v) is 6.26. The number of hydrogen-bond acceptors (Lipinski definition) is 1. The lowest BCUT2D eigenvalue weighted by Gasteiger charge is -2.49. The molecule has 1 saturated carbocycles. The third kappa shape index (κ3) is 1.68. The van der Waals surface area contributed by atoms with Crippen molar-refractivity contribution in [3.05, 3.63) is 41.5 Å². The van der Waals surface area contributed by atoms with E-state index in [0.29, 0.717) is 5.41 Å². The average Bonchev–Trinajstić information content (AvgIpc) is 2.88. The summed E-state index contributed by atoms with van der Waals surface area (Å²) < 4.78 is 5.39. The molecule has 0 N–H and O–H groups in total. The highest BCUT2D eigenvalue weighted by Gasteiger charge is 2.48. The zero-order chi connectivity index (χ0) is 13.7. The molecule has 106 valence electrons. The van der Waals surface area contributed by atoms with Gasteiger partial charge in [-0.15, -0.1) is 0 Å². The van der Waals surface area contributed by atoms with Crippen molar-refractivity contribution in [2.24, 2.45) is 17.3 Å². The summed E-state index contributed by atoms with van der Waals surface area (Å²) in [6, 6.07) is 6.77. The van der Waals surface area contributed by atoms with Crippen LogP contribution in [0.4, 0.5) is 0 Å². The van der Waals surface area contributed by atoms with Gasteiger partial charge in [-0.3, -0.25) is 0 Å². The molecule has 0 radical (unpaired) electrons. The first-order valence-corrected chi connectivity index (χ1v) is 8.06. The number of rotatable bonds is 1. The number of benzene rings is 1. The lowest BCUT2D eigenvalue weighted by Crippen LogP contribution is -2.39. The van der Waals surface area contributed by atoms with Crippen LogP contribution in [0.2, 0.25) is 0 Å². The Morgan fingerprint density at radius 1 is 1.25 bits per heavy atom. The summed E-state index contributed by atoms with van der Waals surface area (Å²) in [5.41, 5.74) is 3.65. The molecule has 3 aliphatic rings. The Morgan fingerprint density at radius 3 is 3.00 bits per heavy atom. The van der Waals surface area contributed by atoms with Crippen molar-refractivity contribution in [3.8, 4) is 5.75 Å². The van der Waals surface area contributed by atoms with Gasteiger partial charge in [0, 0.05) is 0 Å². The van der Waals surface area contributed by atoms with Gasteiger partial charge in [0.1, 0.15) is 5.75 Å². The molecule has 0 aromatic heterocycles. The van der Waals surface area contributed by atoms with Crippen molar-refractivity contribution >= 4 is 0 Å². The Morgan fingerprint density at radius 2 is 2.15 bits per heavy atom. The maximum absolute atomic E-state index is 5.39. The summed E-state index contributed by atoms with van der Waals surface area (Å²) in [7, 11) is 1.77. The van der Waals surface area contributed by atoms with Crippen LogP contribution in [0.25, 0.3) is 0 Å². The van der Waals surface area contributed by atoms with Gasteiger partial charge in [-0.2, -0.15) is 0 Å². The Labute approximate surface area is 122 Å². The fraction of sp³-hybridized carbons (Fsp3) is 0.579. The molecular formula is C19H24O. The molecule has 0 amide bonds. The Kier molecular flexibility index (Phi) is 2.73. The van der Waals surface area contributed by atoms with E-state index in [4.69, 9.17) is 4.74 Å². The van der Waals surface area contributed by atoms with Crippen LogP contribution in [0.5, 0.6) is 5.75 Å². The van der Waals surface area contributed by atoms with E-state index in [-0.39, 0.29) is 0 Å². The molecule has 1 fully saturated rings. The van der Waals surface area contributed by atoms with Gasteiger partial charge in [0.25, 0.3) is 0 Å². The molecule has 4 atom stereocenters. The maximum atomic E-state index is 5.39. The van der Waals surface area contributed by atoms with Crippen LogP contribution in [-0.2, 0) is 6.42 Å². The van der Waals surface area contributed by atoms with Gasteiger partial charge < -0.3 is 4.74 Å². The summed E-state index contributed by atoms with van der Waals surface area (Å²) in [5, 5.41) is 0. The molecule has 3 aliphatic carbocycles. The Bertz CT molecular complexity index is 559. The second-order valence-corrected chi connectivity index (χ2v) is 7.16. The van der Waals surface area contributed by atoms with Gasteiger partial charge in [-0.1, -0.05) is 25.1 Å². The molecular weight excluding hydrogens is 244 g/mol. The molecule has 0 saturated heterocycles. The lowest BCUT2D eigenvalue weighted by molar-refractivity contribution is 0.0826. The summed E-state index contributed by atoms with van der Waals surface area (Å²) in [4.78, 5) is 0. The fourth-order valence-corrected chi connectivity index (χ4v) is 5.17. The number of aryl methyl sites for hydroxylation is 1. The summed E-state index contributed by atoms with van der Waals surface area (Å²) in [5.74, 6) is 3.59. The Hall–Kier alpha value is -1.24. The lowest BCUT2D eigenvalue weighted by atomic mass is 9.56. The van der Waals surface area contributed by atoms with Gasteiger partial charge in [0.15, 0.2) is 0 Å². The largest absolute Gasteiger partial charge is 0.497 e. The van der Waals surface area contributed by atoms with Crippen LogP contribution in [0.1, 0.15) is 49.7 Å². The number of methoxy groups -OCH3 is 1. The van der Waals surface area contributed by atoms with E-state index in [9.17, 15) is 0 Å². The van der Waals surface area contributed by atoms with Crippen molar-refractivity contribution in [2.45, 2.75) is 44.9 Å². The first-order chi connectivity index (χ1) is 9.71. The summed E-state index contributed by atoms with van der Waals surface area (Å²) in [6.07, 6.45) is 11.6. The van der Waals surface area contributed by atoms with Crippen LogP contribution in [0, 0.1) is 17.3 Å². The predicted molar refractivity (Wildman–Crippen MR) is 82.1 cm³/mol. The first kappa shape index (κ1) is 12.5. The van der Waals surface area contributed by atoms with E-state index in [0.717, 1.165) is 23.5 Å². The zero-order valence-corrected chi connectivity index (χ0v) is 12.6. The topological polar surface area (TPSA) is 9.23 Å². The van der Waals surface area contributed by atoms with E-state index in [1.165, 1.54) is 32.1 Å². The van der Waals surface area contributed by atoms with Crippen LogP contribution in [0.15, 0.2) is 30.4 Å². The highest BCUT2D eigenvalue weighted by molar-refractivity contribution is 5.41. The molecule has 0 spiro atoms. The van der Waals surface area contributed by atoms with Crippen LogP contribution in [-0.4, -0.2) is 7.11 Å². The van der Waals surface area contributed by atoms with Crippen LogP contribution >= 0.6 is 0 Å². The molecule has 20 heavy (non-hydrogen) atoms. The molecule has 4 rings (SSSR count). The van der Waals surface area contributed by atoms with E-state index < -0.39 is 0 Å². The smallest absolute Gasteiger partial charge is 0.119 e. The minimum Gasteiger partial charge on any atom is -0.497 e. The zero-order valence-electron chi connectivity index (χ0n) is 12.6. The van der Waals surface area contributed by atoms with Gasteiger partial charge in [0.2, 0.25) is 0 Å². The maximum Gasteiger partial charge on any atom is 0.119 e. The minimum absolute atomic E-state index is 0.491. The SMILES string of the molecule is COc1ccc2c(c1)CC[C@H]1[C@@H]2CC[C@]2(C)C=CC[C@@H]12. The number of fused-ring (bicyclic) bond motifs is 5. The normalized spacial score (nSPS) is 38.0. The molecule has 1 heteroatoms. The highest BCUT2D eigenvalue weighted by atomic mass is 16.5. The van der Waals surface area contributed by atoms with Crippen molar-refractivity contribution in [1.29, 1.82) is 0 Å².